The first-order chi connectivity index (χ1) is 8.99. The predicted molar refractivity (Wildman–Crippen MR) is 87.5 cm³/mol. The second kappa shape index (κ2) is 8.47. The number of carbonyl (C=O) groups excluding carboxylic acids is 1. The van der Waals surface area contributed by atoms with E-state index in [1.807, 2.05) is 0 Å². The van der Waals surface area contributed by atoms with Crippen molar-refractivity contribution in [3.8, 4) is 0 Å². The highest BCUT2D eigenvalue weighted by molar-refractivity contribution is 7.40. The molecule has 4 nitrogen and oxygen atoms in total. The first-order valence-electron chi connectivity index (χ1n) is 7.26. The van der Waals surface area contributed by atoms with Crippen LogP contribution in [0.25, 0.3) is 0 Å². The van der Waals surface area contributed by atoms with E-state index in [9.17, 15) is 9.36 Å². The summed E-state index contributed by atoms with van der Waals surface area (Å²) in [4.78, 5) is 11.6. The number of hydrogen-bond acceptors (Lipinski definition) is 4. The van der Waals surface area contributed by atoms with E-state index in [0.717, 1.165) is 12.8 Å². The SMILES string of the molecule is CO[PH](=O)CC(=O)CCC[C@@H](C)O[Si](C)(C)C(C)(C)C. The van der Waals surface area contributed by atoms with Crippen molar-refractivity contribution in [2.75, 3.05) is 13.3 Å². The highest BCUT2D eigenvalue weighted by atomic mass is 31.1. The van der Waals surface area contributed by atoms with Crippen LogP contribution in [-0.2, 0) is 18.3 Å². The molecule has 0 saturated carbocycles. The molecule has 0 amide bonds. The van der Waals surface area contributed by atoms with Crippen molar-refractivity contribution in [3.63, 3.8) is 0 Å². The summed E-state index contributed by atoms with van der Waals surface area (Å²) in [5.74, 6) is 0.0234. The largest absolute Gasteiger partial charge is 0.414 e. The van der Waals surface area contributed by atoms with E-state index in [2.05, 4.69) is 45.3 Å². The molecule has 2 atom stereocenters. The third kappa shape index (κ3) is 7.72. The Morgan fingerprint density at radius 2 is 1.85 bits per heavy atom. The van der Waals surface area contributed by atoms with Crippen LogP contribution in [0.2, 0.25) is 18.1 Å². The minimum Gasteiger partial charge on any atom is -0.414 e. The zero-order valence-corrected chi connectivity index (χ0v) is 16.0. The molecule has 0 saturated heterocycles. The first kappa shape index (κ1) is 20.0. The van der Waals surface area contributed by atoms with Crippen LogP contribution in [0.15, 0.2) is 0 Å². The standard InChI is InChI=1S/C14H31O4PSi/c1-12(18-20(6,7)14(2,3)4)9-8-10-13(15)11-19(16)17-5/h12,19H,8-11H2,1-7H3/t12-/m1/s1. The molecule has 6 heteroatoms. The predicted octanol–water partition coefficient (Wildman–Crippen LogP) is 4.26. The number of hydrogen-bond donors (Lipinski definition) is 0. The highest BCUT2D eigenvalue weighted by Crippen LogP contribution is 2.37. The van der Waals surface area contributed by atoms with Gasteiger partial charge in [0.1, 0.15) is 5.78 Å². The molecule has 20 heavy (non-hydrogen) atoms. The topological polar surface area (TPSA) is 52.6 Å². The molecule has 0 N–H and O–H groups in total. The average Bonchev–Trinajstić information content (AvgIpc) is 2.26. The summed E-state index contributed by atoms with van der Waals surface area (Å²) in [6.45, 7) is 13.2. The van der Waals surface area contributed by atoms with Gasteiger partial charge in [0.15, 0.2) is 16.3 Å². The van der Waals surface area contributed by atoms with Crippen LogP contribution in [0.1, 0.15) is 47.0 Å². The minimum atomic E-state index is -2.15. The number of Topliss-reactive ketones (excluding diaryl/α,β-unsaturated/α-hetero) is 1. The molecule has 0 radical (unpaired) electrons. The van der Waals surface area contributed by atoms with Crippen LogP contribution in [0.5, 0.6) is 0 Å². The minimum absolute atomic E-state index is 0.0234. The molecular formula is C14H31O4PSi. The van der Waals surface area contributed by atoms with Crippen molar-refractivity contribution >= 4 is 22.1 Å². The average molecular weight is 322 g/mol. The van der Waals surface area contributed by atoms with Gasteiger partial charge in [-0.3, -0.25) is 9.36 Å². The van der Waals surface area contributed by atoms with E-state index in [-0.39, 0.29) is 23.1 Å². The lowest BCUT2D eigenvalue weighted by Crippen LogP contribution is -2.43. The molecule has 1 unspecified atom stereocenters. The lowest BCUT2D eigenvalue weighted by molar-refractivity contribution is -0.116. The van der Waals surface area contributed by atoms with Crippen molar-refractivity contribution in [1.82, 2.24) is 0 Å². The van der Waals surface area contributed by atoms with Crippen LogP contribution < -0.4 is 0 Å². The summed E-state index contributed by atoms with van der Waals surface area (Å²) in [5.41, 5.74) is 0. The normalized spacial score (nSPS) is 15.9. The summed E-state index contributed by atoms with van der Waals surface area (Å²) < 4.78 is 22.0. The summed E-state index contributed by atoms with van der Waals surface area (Å²) in [6, 6.07) is 0. The zero-order chi connectivity index (χ0) is 16.0. The summed E-state index contributed by atoms with van der Waals surface area (Å²) in [5, 5.41) is 0.204. The second-order valence-electron chi connectivity index (χ2n) is 6.87. The van der Waals surface area contributed by atoms with Gasteiger partial charge in [-0.15, -0.1) is 0 Å². The fraction of sp³-hybridized carbons (Fsp3) is 0.929. The molecule has 0 aliphatic heterocycles. The first-order valence-corrected chi connectivity index (χ1v) is 11.7. The van der Waals surface area contributed by atoms with Gasteiger partial charge in [-0.1, -0.05) is 20.8 Å². The molecular weight excluding hydrogens is 291 g/mol. The van der Waals surface area contributed by atoms with Gasteiger partial charge in [0.05, 0.1) is 6.16 Å². The van der Waals surface area contributed by atoms with Gasteiger partial charge >= 0.3 is 0 Å². The Kier molecular flexibility index (Phi) is 8.49. The van der Waals surface area contributed by atoms with E-state index in [1.165, 1.54) is 7.11 Å². The van der Waals surface area contributed by atoms with E-state index in [1.54, 1.807) is 0 Å². The Balaban J connectivity index is 4.04. The highest BCUT2D eigenvalue weighted by Gasteiger charge is 2.38. The molecule has 0 spiro atoms. The van der Waals surface area contributed by atoms with E-state index in [0.29, 0.717) is 6.42 Å². The smallest absolute Gasteiger partial charge is 0.198 e. The van der Waals surface area contributed by atoms with Gasteiger partial charge < -0.3 is 8.95 Å². The second-order valence-corrected chi connectivity index (χ2v) is 13.1. The van der Waals surface area contributed by atoms with E-state index >= 15 is 0 Å². The van der Waals surface area contributed by atoms with Gasteiger partial charge in [-0.25, -0.2) is 0 Å². The lowest BCUT2D eigenvalue weighted by Gasteiger charge is -2.38. The van der Waals surface area contributed by atoms with Crippen LogP contribution >= 0.6 is 8.03 Å². The van der Waals surface area contributed by atoms with Gasteiger partial charge in [-0.2, -0.15) is 0 Å². The third-order valence-electron chi connectivity index (χ3n) is 3.94. The molecule has 0 aliphatic rings. The van der Waals surface area contributed by atoms with Gasteiger partial charge in [0.25, 0.3) is 0 Å². The Morgan fingerprint density at radius 1 is 1.30 bits per heavy atom. The molecule has 0 rings (SSSR count). The zero-order valence-electron chi connectivity index (χ0n) is 14.0. The summed E-state index contributed by atoms with van der Waals surface area (Å²) >= 11 is 0. The van der Waals surface area contributed by atoms with E-state index in [4.69, 9.17) is 4.43 Å². The van der Waals surface area contributed by atoms with Crippen molar-refractivity contribution in [1.29, 1.82) is 0 Å². The summed E-state index contributed by atoms with van der Waals surface area (Å²) in [7, 11) is -2.50. The fourth-order valence-electron chi connectivity index (χ4n) is 1.65. The number of ketones is 1. The van der Waals surface area contributed by atoms with Crippen LogP contribution in [-0.4, -0.2) is 33.5 Å². The van der Waals surface area contributed by atoms with Crippen molar-refractivity contribution in [2.45, 2.75) is 71.2 Å². The number of rotatable bonds is 9. The van der Waals surface area contributed by atoms with Crippen molar-refractivity contribution in [3.05, 3.63) is 0 Å². The Morgan fingerprint density at radius 3 is 2.30 bits per heavy atom. The molecule has 120 valence electrons. The Hall–Kier alpha value is 0.0369. The summed E-state index contributed by atoms with van der Waals surface area (Å²) in [6.07, 6.45) is 2.35. The molecule has 0 aromatic carbocycles. The van der Waals surface area contributed by atoms with Crippen molar-refractivity contribution < 1.29 is 18.3 Å². The molecule has 0 aromatic heterocycles. The quantitative estimate of drug-likeness (QED) is 0.470. The Labute approximate surface area is 125 Å². The van der Waals surface area contributed by atoms with Crippen LogP contribution in [0, 0.1) is 0 Å². The molecule has 0 bridgehead atoms. The molecule has 0 aliphatic carbocycles. The molecule has 0 aromatic rings. The van der Waals surface area contributed by atoms with Crippen LogP contribution in [0.4, 0.5) is 0 Å². The third-order valence-corrected chi connectivity index (χ3v) is 9.68. The lowest BCUT2D eigenvalue weighted by atomic mass is 10.1. The van der Waals surface area contributed by atoms with Crippen LogP contribution in [0.3, 0.4) is 0 Å². The molecule has 0 fully saturated rings. The maximum atomic E-state index is 11.6. The van der Waals surface area contributed by atoms with Gasteiger partial charge in [0, 0.05) is 19.6 Å². The van der Waals surface area contributed by atoms with Gasteiger partial charge in [0.2, 0.25) is 0 Å². The van der Waals surface area contributed by atoms with E-state index < -0.39 is 16.3 Å². The Bertz CT molecular complexity index is 337. The maximum absolute atomic E-state index is 11.6. The fourth-order valence-corrected chi connectivity index (χ4v) is 3.77. The number of carbonyl (C=O) groups is 1. The maximum Gasteiger partial charge on any atom is 0.198 e. The van der Waals surface area contributed by atoms with Crippen molar-refractivity contribution in [2.24, 2.45) is 0 Å². The van der Waals surface area contributed by atoms with Gasteiger partial charge in [-0.05, 0) is 37.9 Å². The monoisotopic (exact) mass is 322 g/mol. The molecule has 0 heterocycles.